The van der Waals surface area contributed by atoms with Gasteiger partial charge in [-0.2, -0.15) is 0 Å². The zero-order valence-corrected chi connectivity index (χ0v) is 25.4. The number of rotatable bonds is 4. The molecule has 0 aliphatic rings. The van der Waals surface area contributed by atoms with Crippen LogP contribution in [0.4, 0.5) is 17.1 Å². The second-order valence-electron chi connectivity index (χ2n) is 12.1. The van der Waals surface area contributed by atoms with E-state index >= 15 is 0 Å². The van der Waals surface area contributed by atoms with Crippen LogP contribution >= 0.6 is 0 Å². The summed E-state index contributed by atoms with van der Waals surface area (Å²) in [6.45, 7) is 0. The number of furan rings is 2. The van der Waals surface area contributed by atoms with E-state index in [9.17, 15) is 0 Å². The van der Waals surface area contributed by atoms with Gasteiger partial charge in [0, 0.05) is 44.2 Å². The first-order chi connectivity index (χ1) is 23.3. The quantitative estimate of drug-likeness (QED) is 0.188. The molecule has 2 aromatic heterocycles. The van der Waals surface area contributed by atoms with Crippen LogP contribution in [-0.4, -0.2) is 0 Å². The Kier molecular flexibility index (Phi) is 5.57. The third-order valence-corrected chi connectivity index (χ3v) is 9.43. The van der Waals surface area contributed by atoms with Gasteiger partial charge in [-0.15, -0.1) is 0 Å². The van der Waals surface area contributed by atoms with Gasteiger partial charge in [0.15, 0.2) is 5.58 Å². The maximum atomic E-state index is 7.16. The number of hydrogen-bond donors (Lipinski definition) is 0. The van der Waals surface area contributed by atoms with Crippen molar-refractivity contribution in [3.63, 3.8) is 0 Å². The molecule has 2 heterocycles. The second-order valence-corrected chi connectivity index (χ2v) is 12.1. The molecule has 0 amide bonds. The molecule has 0 bridgehead atoms. The van der Waals surface area contributed by atoms with E-state index in [0.717, 1.165) is 77.5 Å². The third kappa shape index (κ3) is 3.87. The SMILES string of the molecule is c1ccc(-c2ccc3c(oc4c5ccccc5c5ccccc5c34)c2N(c2ccccc2)c2ccc3c(c2)oc2ccccc23)cc1. The van der Waals surface area contributed by atoms with E-state index in [4.69, 9.17) is 8.83 Å². The molecular formula is C44H27NO2. The molecule has 0 atom stereocenters. The summed E-state index contributed by atoms with van der Waals surface area (Å²) < 4.78 is 13.6. The van der Waals surface area contributed by atoms with E-state index in [2.05, 4.69) is 157 Å². The molecule has 0 saturated heterocycles. The number of anilines is 3. The first kappa shape index (κ1) is 26.0. The fraction of sp³-hybridized carbons (Fsp3) is 0. The predicted octanol–water partition coefficient (Wildman–Crippen LogP) is 12.9. The third-order valence-electron chi connectivity index (χ3n) is 9.43. The molecule has 0 aliphatic heterocycles. The van der Waals surface area contributed by atoms with Crippen molar-refractivity contribution >= 4 is 82.5 Å². The highest BCUT2D eigenvalue weighted by molar-refractivity contribution is 6.31. The van der Waals surface area contributed by atoms with E-state index in [0.29, 0.717) is 0 Å². The lowest BCUT2D eigenvalue weighted by atomic mass is 9.95. The van der Waals surface area contributed by atoms with Crippen molar-refractivity contribution in [1.82, 2.24) is 0 Å². The molecule has 0 spiro atoms. The maximum absolute atomic E-state index is 7.16. The minimum Gasteiger partial charge on any atom is -0.456 e. The minimum absolute atomic E-state index is 0.844. The second kappa shape index (κ2) is 10.1. The molecule has 3 heteroatoms. The van der Waals surface area contributed by atoms with E-state index in [1.165, 1.54) is 16.2 Å². The Morgan fingerprint density at radius 3 is 1.74 bits per heavy atom. The molecule has 0 aliphatic carbocycles. The van der Waals surface area contributed by atoms with E-state index < -0.39 is 0 Å². The Balaban J connectivity index is 1.37. The first-order valence-corrected chi connectivity index (χ1v) is 15.9. The van der Waals surface area contributed by atoms with Gasteiger partial charge in [-0.1, -0.05) is 121 Å². The normalized spacial score (nSPS) is 11.8. The van der Waals surface area contributed by atoms with Crippen LogP contribution in [0.1, 0.15) is 0 Å². The van der Waals surface area contributed by atoms with Crippen LogP contribution in [0.5, 0.6) is 0 Å². The van der Waals surface area contributed by atoms with Gasteiger partial charge in [-0.25, -0.2) is 0 Å². The first-order valence-electron chi connectivity index (χ1n) is 15.9. The largest absolute Gasteiger partial charge is 0.456 e. The monoisotopic (exact) mass is 601 g/mol. The lowest BCUT2D eigenvalue weighted by Gasteiger charge is -2.28. The number of nitrogens with zero attached hydrogens (tertiary/aromatic N) is 1. The summed E-state index contributed by atoms with van der Waals surface area (Å²) in [5, 5.41) is 9.15. The minimum atomic E-state index is 0.844. The number of hydrogen-bond acceptors (Lipinski definition) is 3. The molecule has 10 aromatic rings. The fourth-order valence-corrected chi connectivity index (χ4v) is 7.37. The van der Waals surface area contributed by atoms with Gasteiger partial charge < -0.3 is 13.7 Å². The standard InChI is InChI=1S/C44H27NO2/c1-3-13-28(14-4-1)31-25-26-38-41-36-20-9-7-17-32(36)33-18-8-10-21-37(33)43(41)47-44(38)42(31)45(29-15-5-2-6-16-29)30-23-24-35-34-19-11-12-22-39(34)46-40(35)27-30/h1-27H. The van der Waals surface area contributed by atoms with Crippen LogP contribution < -0.4 is 4.90 Å². The lowest BCUT2D eigenvalue weighted by molar-refractivity contribution is 0.668. The maximum Gasteiger partial charge on any atom is 0.160 e. The van der Waals surface area contributed by atoms with Crippen LogP contribution in [0.2, 0.25) is 0 Å². The van der Waals surface area contributed by atoms with E-state index in [1.807, 2.05) is 12.1 Å². The number of para-hydroxylation sites is 2. The van der Waals surface area contributed by atoms with Crippen molar-refractivity contribution in [2.24, 2.45) is 0 Å². The Morgan fingerprint density at radius 2 is 0.957 bits per heavy atom. The summed E-state index contributed by atoms with van der Waals surface area (Å²) in [5.74, 6) is 0. The summed E-state index contributed by atoms with van der Waals surface area (Å²) in [4.78, 5) is 2.32. The van der Waals surface area contributed by atoms with Gasteiger partial charge in [0.1, 0.15) is 16.7 Å². The molecule has 0 radical (unpaired) electrons. The summed E-state index contributed by atoms with van der Waals surface area (Å²) >= 11 is 0. The van der Waals surface area contributed by atoms with Gasteiger partial charge in [-0.3, -0.25) is 0 Å². The van der Waals surface area contributed by atoms with E-state index in [1.54, 1.807) is 0 Å². The summed E-state index contributed by atoms with van der Waals surface area (Å²) in [5.41, 5.74) is 8.68. The highest BCUT2D eigenvalue weighted by atomic mass is 16.3. The van der Waals surface area contributed by atoms with Crippen molar-refractivity contribution < 1.29 is 8.83 Å². The molecular weight excluding hydrogens is 574 g/mol. The van der Waals surface area contributed by atoms with Crippen molar-refractivity contribution in [3.8, 4) is 11.1 Å². The van der Waals surface area contributed by atoms with Crippen LogP contribution in [-0.2, 0) is 0 Å². The lowest BCUT2D eigenvalue weighted by Crippen LogP contribution is -2.11. The predicted molar refractivity (Wildman–Crippen MR) is 196 cm³/mol. The average molecular weight is 602 g/mol. The average Bonchev–Trinajstić information content (AvgIpc) is 3.72. The molecule has 10 rings (SSSR count). The Morgan fingerprint density at radius 1 is 0.362 bits per heavy atom. The van der Waals surface area contributed by atoms with Gasteiger partial charge in [0.2, 0.25) is 0 Å². The molecule has 0 unspecified atom stereocenters. The number of benzene rings is 8. The van der Waals surface area contributed by atoms with Crippen molar-refractivity contribution in [2.75, 3.05) is 4.90 Å². The summed E-state index contributed by atoms with van der Waals surface area (Å²) in [6.07, 6.45) is 0. The molecule has 8 aromatic carbocycles. The number of fused-ring (bicyclic) bond motifs is 11. The van der Waals surface area contributed by atoms with Crippen LogP contribution in [0.15, 0.2) is 173 Å². The Hall–Kier alpha value is -6.32. The van der Waals surface area contributed by atoms with Crippen molar-refractivity contribution in [1.29, 1.82) is 0 Å². The molecule has 0 saturated carbocycles. The molecule has 47 heavy (non-hydrogen) atoms. The molecule has 0 fully saturated rings. The topological polar surface area (TPSA) is 29.5 Å². The van der Waals surface area contributed by atoms with E-state index in [-0.39, 0.29) is 0 Å². The van der Waals surface area contributed by atoms with Crippen molar-refractivity contribution in [3.05, 3.63) is 164 Å². The van der Waals surface area contributed by atoms with Gasteiger partial charge >= 0.3 is 0 Å². The van der Waals surface area contributed by atoms with Gasteiger partial charge in [0.25, 0.3) is 0 Å². The molecule has 220 valence electrons. The zero-order valence-electron chi connectivity index (χ0n) is 25.4. The Labute approximate surface area is 270 Å². The van der Waals surface area contributed by atoms with Gasteiger partial charge in [-0.05, 0) is 58.1 Å². The highest BCUT2D eigenvalue weighted by Crippen LogP contribution is 2.50. The zero-order chi connectivity index (χ0) is 30.9. The van der Waals surface area contributed by atoms with Crippen LogP contribution in [0, 0.1) is 0 Å². The summed E-state index contributed by atoms with van der Waals surface area (Å²) in [7, 11) is 0. The molecule has 3 nitrogen and oxygen atoms in total. The fourth-order valence-electron chi connectivity index (χ4n) is 7.37. The van der Waals surface area contributed by atoms with Crippen molar-refractivity contribution in [2.45, 2.75) is 0 Å². The van der Waals surface area contributed by atoms with Crippen LogP contribution in [0.3, 0.4) is 0 Å². The van der Waals surface area contributed by atoms with Crippen LogP contribution in [0.25, 0.3) is 76.5 Å². The van der Waals surface area contributed by atoms with Gasteiger partial charge in [0.05, 0.1) is 11.4 Å². The summed E-state index contributed by atoms with van der Waals surface area (Å²) in [6, 6.07) is 57.6. The smallest absolute Gasteiger partial charge is 0.160 e. The highest BCUT2D eigenvalue weighted by Gasteiger charge is 2.26. The Bertz CT molecular complexity index is 2790. The molecule has 0 N–H and O–H groups in total.